The van der Waals surface area contributed by atoms with Gasteiger partial charge in [0.2, 0.25) is 0 Å². The number of aromatic nitrogens is 2. The number of nitrogens with zero attached hydrogens (tertiary/aromatic N) is 3. The largest absolute Gasteiger partial charge is 0.350 e. The smallest absolute Gasteiger partial charge is 0.274 e. The van der Waals surface area contributed by atoms with E-state index in [9.17, 15) is 9.59 Å². The van der Waals surface area contributed by atoms with Gasteiger partial charge >= 0.3 is 0 Å². The van der Waals surface area contributed by atoms with Crippen LogP contribution in [-0.2, 0) is 0 Å². The molecule has 1 aliphatic heterocycles. The Kier molecular flexibility index (Phi) is 5.20. The molecule has 0 spiro atoms. The van der Waals surface area contributed by atoms with Crippen molar-refractivity contribution in [2.24, 2.45) is 23.2 Å². The van der Waals surface area contributed by atoms with Gasteiger partial charge < -0.3 is 15.5 Å². The Hall–Kier alpha value is -2.41. The van der Waals surface area contributed by atoms with E-state index >= 15 is 0 Å². The van der Waals surface area contributed by atoms with E-state index in [2.05, 4.69) is 15.6 Å². The fourth-order valence-corrected chi connectivity index (χ4v) is 7.70. The number of amides is 2. The normalized spacial score (nSPS) is 31.1. The Labute approximate surface area is 195 Å². The summed E-state index contributed by atoms with van der Waals surface area (Å²) in [4.78, 5) is 32.7. The molecule has 2 N–H and O–H groups in total. The highest BCUT2D eigenvalue weighted by molar-refractivity contribution is 5.95. The van der Waals surface area contributed by atoms with Gasteiger partial charge in [0, 0.05) is 25.8 Å². The van der Waals surface area contributed by atoms with Gasteiger partial charge in [-0.05, 0) is 99.8 Å². The molecular formula is C26H35N5O2. The van der Waals surface area contributed by atoms with Crippen molar-refractivity contribution in [1.82, 2.24) is 24.9 Å². The monoisotopic (exact) mass is 449 g/mol. The Balaban J connectivity index is 1.18. The maximum atomic E-state index is 13.3. The Morgan fingerprint density at radius 3 is 2.45 bits per heavy atom. The molecule has 0 atom stereocenters. The highest BCUT2D eigenvalue weighted by Gasteiger charge is 2.50. The second kappa shape index (κ2) is 8.12. The first-order chi connectivity index (χ1) is 16.0. The zero-order valence-corrected chi connectivity index (χ0v) is 19.6. The lowest BCUT2D eigenvalue weighted by Crippen LogP contribution is -2.51. The van der Waals surface area contributed by atoms with Crippen LogP contribution in [0.1, 0.15) is 72.3 Å². The molecule has 2 aromatic rings. The average Bonchev–Trinajstić information content (AvgIpc) is 3.26. The fraction of sp³-hybridized carbons (Fsp3) is 0.654. The van der Waals surface area contributed by atoms with Gasteiger partial charge in [-0.3, -0.25) is 14.0 Å². The molecule has 4 saturated carbocycles. The standard InChI is InChI=1S/C26H35N5O2/c1-30(20-5-7-27-8-6-20)25(33)21-15-31-22(3-2-4-23(31)29-21)24(32)28-16-26-12-17-9-18(13-26)11-19(10-17)14-26/h2-4,15,17-20,27H,5-14,16H2,1H3,(H,28,32). The zero-order valence-electron chi connectivity index (χ0n) is 19.6. The minimum atomic E-state index is -0.0782. The van der Waals surface area contributed by atoms with Crippen molar-refractivity contribution in [3.05, 3.63) is 35.8 Å². The molecule has 4 bridgehead atoms. The number of carbonyl (C=O) groups excluding carboxylic acids is 2. The molecule has 4 aliphatic carbocycles. The van der Waals surface area contributed by atoms with Crippen LogP contribution in [0.4, 0.5) is 0 Å². The third-order valence-corrected chi connectivity index (χ3v) is 8.91. The molecule has 5 fully saturated rings. The molecule has 176 valence electrons. The van der Waals surface area contributed by atoms with Gasteiger partial charge in [-0.15, -0.1) is 0 Å². The molecule has 2 amide bonds. The SMILES string of the molecule is CN(C(=O)c1cn2c(C(=O)NCC34CC5CC(CC(C5)C3)C4)cccc2n1)C1CCNCC1. The van der Waals surface area contributed by atoms with Crippen molar-refractivity contribution in [1.29, 1.82) is 0 Å². The van der Waals surface area contributed by atoms with E-state index in [1.165, 1.54) is 38.5 Å². The number of piperidine rings is 1. The summed E-state index contributed by atoms with van der Waals surface area (Å²) in [5.41, 5.74) is 1.89. The summed E-state index contributed by atoms with van der Waals surface area (Å²) in [5.74, 6) is 2.46. The molecular weight excluding hydrogens is 414 g/mol. The van der Waals surface area contributed by atoms with Crippen LogP contribution in [0.2, 0.25) is 0 Å². The van der Waals surface area contributed by atoms with Gasteiger partial charge in [0.25, 0.3) is 11.8 Å². The molecule has 1 saturated heterocycles. The number of carbonyl (C=O) groups is 2. The highest BCUT2D eigenvalue weighted by atomic mass is 16.2. The number of fused-ring (bicyclic) bond motifs is 1. The van der Waals surface area contributed by atoms with Crippen molar-refractivity contribution in [2.75, 3.05) is 26.7 Å². The summed E-state index contributed by atoms with van der Waals surface area (Å²) < 4.78 is 1.78. The van der Waals surface area contributed by atoms with Crippen molar-refractivity contribution in [3.63, 3.8) is 0 Å². The first kappa shape index (κ1) is 21.1. The van der Waals surface area contributed by atoms with Crippen LogP contribution in [0.3, 0.4) is 0 Å². The van der Waals surface area contributed by atoms with E-state index in [0.717, 1.165) is 50.2 Å². The minimum Gasteiger partial charge on any atom is -0.350 e. The van der Waals surface area contributed by atoms with E-state index in [-0.39, 0.29) is 17.9 Å². The van der Waals surface area contributed by atoms with E-state index in [1.807, 2.05) is 30.1 Å². The minimum absolute atomic E-state index is 0.0700. The van der Waals surface area contributed by atoms with Gasteiger partial charge in [0.05, 0.1) is 0 Å². The van der Waals surface area contributed by atoms with Crippen LogP contribution in [0.15, 0.2) is 24.4 Å². The van der Waals surface area contributed by atoms with Gasteiger partial charge in [0.1, 0.15) is 17.0 Å². The summed E-state index contributed by atoms with van der Waals surface area (Å²) in [5, 5.41) is 6.61. The number of rotatable bonds is 5. The molecule has 33 heavy (non-hydrogen) atoms. The number of hydrogen-bond donors (Lipinski definition) is 2. The highest BCUT2D eigenvalue weighted by Crippen LogP contribution is 2.59. The van der Waals surface area contributed by atoms with Gasteiger partial charge in [-0.25, -0.2) is 4.98 Å². The summed E-state index contributed by atoms with van der Waals surface area (Å²) in [6.07, 6.45) is 11.7. The maximum Gasteiger partial charge on any atom is 0.274 e. The zero-order chi connectivity index (χ0) is 22.6. The average molecular weight is 450 g/mol. The Bertz CT molecular complexity index is 1030. The molecule has 5 aliphatic rings. The summed E-state index contributed by atoms with van der Waals surface area (Å²) >= 11 is 0. The second-order valence-electron chi connectivity index (χ2n) is 11.3. The van der Waals surface area contributed by atoms with Crippen LogP contribution >= 0.6 is 0 Å². The van der Waals surface area contributed by atoms with Crippen molar-refractivity contribution < 1.29 is 9.59 Å². The predicted molar refractivity (Wildman–Crippen MR) is 126 cm³/mol. The fourth-order valence-electron chi connectivity index (χ4n) is 7.70. The number of hydrogen-bond acceptors (Lipinski definition) is 4. The molecule has 3 heterocycles. The first-order valence-corrected chi connectivity index (χ1v) is 12.7. The van der Waals surface area contributed by atoms with Gasteiger partial charge in [-0.1, -0.05) is 6.07 Å². The van der Waals surface area contributed by atoms with E-state index in [1.54, 1.807) is 10.6 Å². The quantitative estimate of drug-likeness (QED) is 0.735. The molecule has 2 aromatic heterocycles. The molecule has 0 radical (unpaired) electrons. The predicted octanol–water partition coefficient (Wildman–Crippen LogP) is 3.10. The van der Waals surface area contributed by atoms with Crippen LogP contribution < -0.4 is 10.6 Å². The van der Waals surface area contributed by atoms with E-state index in [0.29, 0.717) is 22.5 Å². The molecule has 7 heteroatoms. The number of imidazole rings is 1. The summed E-state index contributed by atoms with van der Waals surface area (Å²) in [6.45, 7) is 2.63. The van der Waals surface area contributed by atoms with E-state index < -0.39 is 0 Å². The van der Waals surface area contributed by atoms with Gasteiger partial charge in [-0.2, -0.15) is 0 Å². The lowest BCUT2D eigenvalue weighted by atomic mass is 9.49. The Morgan fingerprint density at radius 2 is 1.79 bits per heavy atom. The van der Waals surface area contributed by atoms with Crippen LogP contribution in [0.5, 0.6) is 0 Å². The van der Waals surface area contributed by atoms with Gasteiger partial charge in [0.15, 0.2) is 0 Å². The lowest BCUT2D eigenvalue weighted by molar-refractivity contribution is -0.0503. The molecule has 7 nitrogen and oxygen atoms in total. The summed E-state index contributed by atoms with van der Waals surface area (Å²) in [7, 11) is 1.86. The number of pyridine rings is 1. The van der Waals surface area contributed by atoms with Crippen molar-refractivity contribution in [3.8, 4) is 0 Å². The van der Waals surface area contributed by atoms with Crippen molar-refractivity contribution in [2.45, 2.75) is 57.4 Å². The molecule has 0 unspecified atom stereocenters. The lowest BCUT2D eigenvalue weighted by Gasteiger charge is -2.56. The first-order valence-electron chi connectivity index (χ1n) is 12.7. The molecule has 0 aromatic carbocycles. The van der Waals surface area contributed by atoms with Crippen LogP contribution in [0.25, 0.3) is 5.65 Å². The van der Waals surface area contributed by atoms with Crippen molar-refractivity contribution >= 4 is 17.5 Å². The summed E-state index contributed by atoms with van der Waals surface area (Å²) in [6, 6.07) is 5.77. The third-order valence-electron chi connectivity index (χ3n) is 8.91. The van der Waals surface area contributed by atoms with E-state index in [4.69, 9.17) is 0 Å². The van der Waals surface area contributed by atoms with Crippen LogP contribution in [0, 0.1) is 23.2 Å². The molecule has 7 rings (SSSR count). The number of nitrogens with one attached hydrogen (secondary N) is 2. The maximum absolute atomic E-state index is 13.3. The Morgan fingerprint density at radius 1 is 1.12 bits per heavy atom. The topological polar surface area (TPSA) is 78.7 Å². The third kappa shape index (κ3) is 3.84. The van der Waals surface area contributed by atoms with Crippen LogP contribution in [-0.4, -0.2) is 58.8 Å². The second-order valence-corrected chi connectivity index (χ2v) is 11.3.